The molecule has 0 atom stereocenters. The van der Waals surface area contributed by atoms with E-state index in [-0.39, 0.29) is 6.09 Å². The number of nitrogens with one attached hydrogen (secondary N) is 2. The number of guanidine groups is 1. The van der Waals surface area contributed by atoms with E-state index in [0.717, 1.165) is 42.5 Å². The van der Waals surface area contributed by atoms with Crippen molar-refractivity contribution in [2.24, 2.45) is 4.99 Å². The first-order valence-electron chi connectivity index (χ1n) is 10.1. The van der Waals surface area contributed by atoms with Crippen molar-refractivity contribution in [2.45, 2.75) is 72.4 Å². The monoisotopic (exact) mass is 409 g/mol. The Kier molecular flexibility index (Phi) is 8.10. The second kappa shape index (κ2) is 10.1. The number of aliphatic imine (C=N–C) groups is 1. The van der Waals surface area contributed by atoms with Gasteiger partial charge >= 0.3 is 6.09 Å². The Balaban J connectivity index is 1.82. The summed E-state index contributed by atoms with van der Waals surface area (Å²) in [5.74, 6) is 0.771. The number of rotatable bonds is 8. The summed E-state index contributed by atoms with van der Waals surface area (Å²) in [5, 5.41) is 7.71. The van der Waals surface area contributed by atoms with Crippen LogP contribution >= 0.6 is 11.3 Å². The maximum atomic E-state index is 12.4. The van der Waals surface area contributed by atoms with Gasteiger partial charge in [-0.3, -0.25) is 4.99 Å². The van der Waals surface area contributed by atoms with E-state index in [1.807, 2.05) is 39.5 Å². The van der Waals surface area contributed by atoms with Gasteiger partial charge in [0.15, 0.2) is 5.96 Å². The third-order valence-corrected chi connectivity index (χ3v) is 5.41. The molecule has 1 aromatic rings. The van der Waals surface area contributed by atoms with Crippen LogP contribution in [0.3, 0.4) is 0 Å². The number of hydrogen-bond acceptors (Lipinski definition) is 5. The summed E-state index contributed by atoms with van der Waals surface area (Å²) >= 11 is 1.74. The van der Waals surface area contributed by atoms with Gasteiger partial charge in [-0.2, -0.15) is 0 Å². The third kappa shape index (κ3) is 7.66. The molecule has 0 bridgehead atoms. The Morgan fingerprint density at radius 2 is 2.04 bits per heavy atom. The Labute approximate surface area is 173 Å². The first kappa shape index (κ1) is 22.5. The van der Waals surface area contributed by atoms with Crippen LogP contribution in [0, 0.1) is 13.8 Å². The molecule has 8 heteroatoms. The van der Waals surface area contributed by atoms with Gasteiger partial charge in [0.05, 0.1) is 10.7 Å². The third-order valence-electron chi connectivity index (χ3n) is 4.27. The molecular weight excluding hydrogens is 374 g/mol. The maximum absolute atomic E-state index is 12.4. The Morgan fingerprint density at radius 1 is 1.32 bits per heavy atom. The fraction of sp³-hybridized carbons (Fsp3) is 0.750. The Hall–Kier alpha value is -1.83. The number of nitrogens with zero attached hydrogens (tertiary/aromatic N) is 3. The van der Waals surface area contributed by atoms with Gasteiger partial charge in [0.1, 0.15) is 5.60 Å². The fourth-order valence-corrected chi connectivity index (χ4v) is 3.60. The smallest absolute Gasteiger partial charge is 0.410 e. The molecule has 2 N–H and O–H groups in total. The van der Waals surface area contributed by atoms with Crippen LogP contribution in [0.2, 0.25) is 0 Å². The minimum atomic E-state index is -0.472. The fourth-order valence-electron chi connectivity index (χ4n) is 2.68. The molecule has 1 fully saturated rings. The second-order valence-electron chi connectivity index (χ2n) is 8.09. The molecule has 0 aliphatic heterocycles. The number of aromatic nitrogens is 1. The van der Waals surface area contributed by atoms with Crippen molar-refractivity contribution in [2.75, 3.05) is 26.2 Å². The lowest BCUT2D eigenvalue weighted by Crippen LogP contribution is -2.45. The molecule has 7 nitrogen and oxygen atoms in total. The molecule has 0 spiro atoms. The minimum Gasteiger partial charge on any atom is -0.444 e. The van der Waals surface area contributed by atoms with E-state index in [9.17, 15) is 4.79 Å². The van der Waals surface area contributed by atoms with Crippen LogP contribution in [0.4, 0.5) is 4.79 Å². The zero-order valence-electron chi connectivity index (χ0n) is 18.1. The van der Waals surface area contributed by atoms with Gasteiger partial charge in [0, 0.05) is 43.5 Å². The van der Waals surface area contributed by atoms with Crippen molar-refractivity contribution in [1.29, 1.82) is 0 Å². The SMILES string of the molecule is CCNC(=NCCc1nc(C)c(C)s1)NCCN(C(=O)OC(C)(C)C)C1CC1. The molecule has 1 aliphatic rings. The van der Waals surface area contributed by atoms with Crippen molar-refractivity contribution in [3.05, 3.63) is 15.6 Å². The number of ether oxygens (including phenoxy) is 1. The predicted octanol–water partition coefficient (Wildman–Crippen LogP) is 3.26. The number of amides is 1. The van der Waals surface area contributed by atoms with E-state index in [1.165, 1.54) is 4.88 Å². The molecule has 1 amide bonds. The highest BCUT2D eigenvalue weighted by Crippen LogP contribution is 2.28. The highest BCUT2D eigenvalue weighted by molar-refractivity contribution is 7.11. The van der Waals surface area contributed by atoms with Gasteiger partial charge in [-0.25, -0.2) is 9.78 Å². The molecule has 158 valence electrons. The largest absolute Gasteiger partial charge is 0.444 e. The van der Waals surface area contributed by atoms with Crippen molar-refractivity contribution < 1.29 is 9.53 Å². The number of hydrogen-bond donors (Lipinski definition) is 2. The van der Waals surface area contributed by atoms with E-state index >= 15 is 0 Å². The molecule has 1 aliphatic carbocycles. The molecule has 0 saturated heterocycles. The molecule has 0 radical (unpaired) electrons. The number of aryl methyl sites for hydroxylation is 2. The highest BCUT2D eigenvalue weighted by Gasteiger charge is 2.34. The molecule has 2 rings (SSSR count). The average Bonchev–Trinajstić information content (AvgIpc) is 3.36. The Morgan fingerprint density at radius 3 is 2.57 bits per heavy atom. The van der Waals surface area contributed by atoms with E-state index < -0.39 is 5.60 Å². The number of thiazole rings is 1. The van der Waals surface area contributed by atoms with Gasteiger partial charge in [-0.15, -0.1) is 11.3 Å². The van der Waals surface area contributed by atoms with Crippen molar-refractivity contribution in [3.63, 3.8) is 0 Å². The molecule has 1 aromatic heterocycles. The van der Waals surface area contributed by atoms with E-state index in [2.05, 4.69) is 27.5 Å². The average molecular weight is 410 g/mol. The van der Waals surface area contributed by atoms with Crippen molar-refractivity contribution in [3.8, 4) is 0 Å². The lowest BCUT2D eigenvalue weighted by molar-refractivity contribution is 0.0238. The van der Waals surface area contributed by atoms with Crippen LogP contribution in [0.25, 0.3) is 0 Å². The summed E-state index contributed by atoms with van der Waals surface area (Å²) in [5.41, 5.74) is 0.636. The lowest BCUT2D eigenvalue weighted by atomic mass is 10.2. The zero-order chi connectivity index (χ0) is 20.7. The summed E-state index contributed by atoms with van der Waals surface area (Å²) in [7, 11) is 0. The number of carbonyl (C=O) groups is 1. The Bertz CT molecular complexity index is 657. The summed E-state index contributed by atoms with van der Waals surface area (Å²) in [6.07, 6.45) is 2.72. The van der Waals surface area contributed by atoms with Gasteiger partial charge in [-0.05, 0) is 54.4 Å². The van der Waals surface area contributed by atoms with Gasteiger partial charge < -0.3 is 20.3 Å². The molecule has 28 heavy (non-hydrogen) atoms. The zero-order valence-corrected chi connectivity index (χ0v) is 18.9. The van der Waals surface area contributed by atoms with Crippen LogP contribution in [0.15, 0.2) is 4.99 Å². The molecule has 0 aromatic carbocycles. The predicted molar refractivity (Wildman–Crippen MR) is 115 cm³/mol. The number of carbonyl (C=O) groups excluding carboxylic acids is 1. The van der Waals surface area contributed by atoms with Crippen LogP contribution in [-0.2, 0) is 11.2 Å². The first-order chi connectivity index (χ1) is 13.2. The maximum Gasteiger partial charge on any atom is 0.410 e. The van der Waals surface area contributed by atoms with Crippen molar-refractivity contribution >= 4 is 23.4 Å². The van der Waals surface area contributed by atoms with Crippen LogP contribution in [0.5, 0.6) is 0 Å². The molecule has 0 unspecified atom stereocenters. The summed E-state index contributed by atoms with van der Waals surface area (Å²) < 4.78 is 5.54. The summed E-state index contributed by atoms with van der Waals surface area (Å²) in [6.45, 7) is 14.6. The lowest BCUT2D eigenvalue weighted by Gasteiger charge is -2.27. The van der Waals surface area contributed by atoms with Gasteiger partial charge in [-0.1, -0.05) is 0 Å². The van der Waals surface area contributed by atoms with Crippen LogP contribution in [-0.4, -0.2) is 59.8 Å². The molecule has 1 heterocycles. The summed E-state index contributed by atoms with van der Waals surface area (Å²) in [6, 6.07) is 0.313. The quantitative estimate of drug-likeness (QED) is 0.509. The van der Waals surface area contributed by atoms with Gasteiger partial charge in [0.25, 0.3) is 0 Å². The standard InChI is InChI=1S/C20H35N5O2S/c1-7-21-18(22-11-10-17-24-14(2)15(3)28-17)23-12-13-25(16-8-9-16)19(26)27-20(4,5)6/h16H,7-13H2,1-6H3,(H2,21,22,23). The first-order valence-corrected chi connectivity index (χ1v) is 11.0. The van der Waals surface area contributed by atoms with Gasteiger partial charge in [0.2, 0.25) is 0 Å². The van der Waals surface area contributed by atoms with Crippen LogP contribution < -0.4 is 10.6 Å². The van der Waals surface area contributed by atoms with E-state index in [0.29, 0.717) is 25.7 Å². The normalized spacial score (nSPS) is 14.7. The molecular formula is C20H35N5O2S. The molecule has 1 saturated carbocycles. The van der Waals surface area contributed by atoms with Crippen molar-refractivity contribution in [1.82, 2.24) is 20.5 Å². The highest BCUT2D eigenvalue weighted by atomic mass is 32.1. The van der Waals surface area contributed by atoms with E-state index in [1.54, 1.807) is 11.3 Å². The van der Waals surface area contributed by atoms with Crippen LogP contribution in [0.1, 0.15) is 56.1 Å². The second-order valence-corrected chi connectivity index (χ2v) is 9.38. The topological polar surface area (TPSA) is 78.9 Å². The minimum absolute atomic E-state index is 0.228. The summed E-state index contributed by atoms with van der Waals surface area (Å²) in [4.78, 5) is 24.7. The van der Waals surface area contributed by atoms with E-state index in [4.69, 9.17) is 4.74 Å².